The van der Waals surface area contributed by atoms with Crippen LogP contribution < -0.4 is 5.32 Å². The Labute approximate surface area is 176 Å². The Morgan fingerprint density at radius 2 is 1.30 bits per heavy atom. The van der Waals surface area contributed by atoms with Crippen molar-refractivity contribution >= 4 is 11.4 Å². The van der Waals surface area contributed by atoms with Crippen molar-refractivity contribution in [2.45, 2.75) is 44.5 Å². The Morgan fingerprint density at radius 3 is 1.83 bits per heavy atom. The predicted molar refractivity (Wildman–Crippen MR) is 116 cm³/mol. The van der Waals surface area contributed by atoms with Crippen molar-refractivity contribution in [2.24, 2.45) is 0 Å². The molecule has 0 heterocycles. The van der Waals surface area contributed by atoms with E-state index in [1.165, 1.54) is 36.2 Å². The molecule has 1 saturated carbocycles. The van der Waals surface area contributed by atoms with E-state index in [1.807, 2.05) is 18.2 Å². The molecule has 0 radical (unpaired) electrons. The number of aliphatic hydroxyl groups excluding tert-OH is 1. The molecule has 1 aliphatic carbocycles. The van der Waals surface area contributed by atoms with E-state index in [0.717, 1.165) is 30.6 Å². The van der Waals surface area contributed by atoms with E-state index in [9.17, 15) is 13.9 Å². The van der Waals surface area contributed by atoms with Crippen LogP contribution in [0.1, 0.15) is 31.2 Å². The molecule has 0 aromatic heterocycles. The minimum absolute atomic E-state index is 0.0407. The van der Waals surface area contributed by atoms with E-state index >= 15 is 0 Å². The molecule has 2 unspecified atom stereocenters. The molecule has 2 atom stereocenters. The van der Waals surface area contributed by atoms with Gasteiger partial charge in [-0.05, 0) is 66.9 Å². The van der Waals surface area contributed by atoms with E-state index < -0.39 is 0 Å². The number of aliphatic hydroxyl groups is 1. The highest BCUT2D eigenvalue weighted by atomic mass is 19.1. The quantitative estimate of drug-likeness (QED) is 0.524. The molecule has 0 amide bonds. The van der Waals surface area contributed by atoms with Crippen LogP contribution in [-0.4, -0.2) is 17.3 Å². The number of hydrogen-bond donors (Lipinski definition) is 2. The second-order valence-corrected chi connectivity index (χ2v) is 7.33. The first-order valence-corrected chi connectivity index (χ1v) is 10.2. The van der Waals surface area contributed by atoms with Crippen molar-refractivity contribution < 1.29 is 18.6 Å². The Bertz CT molecular complexity index is 826. The van der Waals surface area contributed by atoms with Crippen molar-refractivity contribution in [1.82, 2.24) is 0 Å². The monoisotopic (exact) mass is 411 g/mol. The zero-order valence-electron chi connectivity index (χ0n) is 16.8. The second-order valence-electron chi connectivity index (χ2n) is 7.33. The van der Waals surface area contributed by atoms with Crippen molar-refractivity contribution in [3.05, 3.63) is 96.1 Å². The summed E-state index contributed by atoms with van der Waals surface area (Å²) in [6, 6.07) is 22.1. The lowest BCUT2D eigenvalue weighted by Gasteiger charge is -2.27. The van der Waals surface area contributed by atoms with Crippen molar-refractivity contribution in [1.29, 1.82) is 0 Å². The summed E-state index contributed by atoms with van der Waals surface area (Å²) in [6.07, 6.45) is 3.97. The summed E-state index contributed by atoms with van der Waals surface area (Å²) in [5, 5.41) is 12.7. The zero-order valence-corrected chi connectivity index (χ0v) is 16.8. The maximum absolute atomic E-state index is 12.6. The molecular formula is C25H27F2NO2. The topological polar surface area (TPSA) is 41.5 Å². The molecule has 4 rings (SSSR count). The summed E-state index contributed by atoms with van der Waals surface area (Å²) in [5.41, 5.74) is 2.71. The molecule has 0 aliphatic heterocycles. The normalized spacial score (nSPS) is 18.2. The van der Waals surface area contributed by atoms with Gasteiger partial charge in [-0.25, -0.2) is 8.78 Å². The molecule has 1 aliphatic rings. The van der Waals surface area contributed by atoms with Gasteiger partial charge in [0.1, 0.15) is 11.6 Å². The molecular weight excluding hydrogens is 384 g/mol. The molecule has 0 saturated heterocycles. The summed E-state index contributed by atoms with van der Waals surface area (Å²) in [4.78, 5) is 0. The lowest BCUT2D eigenvalue weighted by Crippen LogP contribution is -2.32. The first kappa shape index (κ1) is 21.9. The molecule has 2 N–H and O–H groups in total. The molecule has 3 aromatic carbocycles. The van der Waals surface area contributed by atoms with Crippen LogP contribution in [0.4, 0.5) is 20.2 Å². The average molecular weight is 411 g/mol. The van der Waals surface area contributed by atoms with E-state index in [1.54, 1.807) is 24.3 Å². The van der Waals surface area contributed by atoms with Crippen LogP contribution in [-0.2, 0) is 11.3 Å². The highest BCUT2D eigenvalue weighted by Gasteiger charge is 2.23. The number of nitrogens with one attached hydrogen (secondary N) is 1. The maximum atomic E-state index is 12.6. The van der Waals surface area contributed by atoms with Gasteiger partial charge in [0.15, 0.2) is 0 Å². The first-order chi connectivity index (χ1) is 14.6. The van der Waals surface area contributed by atoms with Gasteiger partial charge in [-0.2, -0.15) is 0 Å². The fourth-order valence-corrected chi connectivity index (χ4v) is 3.28. The summed E-state index contributed by atoms with van der Waals surface area (Å²) in [7, 11) is 0. The van der Waals surface area contributed by atoms with E-state index in [-0.39, 0.29) is 23.8 Å². The maximum Gasteiger partial charge on any atom is 0.123 e. The first-order valence-electron chi connectivity index (χ1n) is 10.2. The van der Waals surface area contributed by atoms with Crippen molar-refractivity contribution in [2.75, 3.05) is 5.32 Å². The van der Waals surface area contributed by atoms with Crippen LogP contribution in [0.3, 0.4) is 0 Å². The van der Waals surface area contributed by atoms with E-state index in [2.05, 4.69) is 17.4 Å². The molecule has 30 heavy (non-hydrogen) atoms. The minimum atomic E-state index is -0.278. The lowest BCUT2D eigenvalue weighted by atomic mass is 9.95. The van der Waals surface area contributed by atoms with Gasteiger partial charge in [0, 0.05) is 11.4 Å². The molecule has 0 spiro atoms. The SMILES string of the molecule is Fc1ccc(Nc2ccc(F)cc2)cc1.OC1CCCCC1OCc1ccccc1. The summed E-state index contributed by atoms with van der Waals surface area (Å²) < 4.78 is 30.9. The summed E-state index contributed by atoms with van der Waals surface area (Å²) in [6.45, 7) is 0.614. The van der Waals surface area contributed by atoms with Crippen LogP contribution in [0, 0.1) is 11.6 Å². The highest BCUT2D eigenvalue weighted by molar-refractivity contribution is 5.59. The van der Waals surface area contributed by atoms with E-state index in [4.69, 9.17) is 4.74 Å². The van der Waals surface area contributed by atoms with Gasteiger partial charge in [0.2, 0.25) is 0 Å². The smallest absolute Gasteiger partial charge is 0.123 e. The third kappa shape index (κ3) is 7.25. The number of anilines is 2. The Morgan fingerprint density at radius 1 is 0.767 bits per heavy atom. The van der Waals surface area contributed by atoms with Gasteiger partial charge in [0.05, 0.1) is 18.8 Å². The fourth-order valence-electron chi connectivity index (χ4n) is 3.28. The van der Waals surface area contributed by atoms with Gasteiger partial charge in [-0.1, -0.05) is 43.2 Å². The van der Waals surface area contributed by atoms with Gasteiger partial charge in [0.25, 0.3) is 0 Å². The van der Waals surface area contributed by atoms with Crippen molar-refractivity contribution in [3.8, 4) is 0 Å². The minimum Gasteiger partial charge on any atom is -0.390 e. The van der Waals surface area contributed by atoms with Gasteiger partial charge < -0.3 is 15.2 Å². The standard InChI is InChI=1S/C13H18O2.C12H9F2N/c14-12-8-4-5-9-13(12)15-10-11-6-2-1-3-7-11;13-9-1-5-11(6-2-9)15-12-7-3-10(14)4-8-12/h1-3,6-7,12-14H,4-5,8-10H2;1-8,15H. The molecule has 3 nitrogen and oxygen atoms in total. The number of rotatable bonds is 5. The van der Waals surface area contributed by atoms with Crippen LogP contribution in [0.5, 0.6) is 0 Å². The zero-order chi connectivity index (χ0) is 21.2. The second kappa shape index (κ2) is 11.4. The van der Waals surface area contributed by atoms with Crippen LogP contribution in [0.2, 0.25) is 0 Å². The van der Waals surface area contributed by atoms with E-state index in [0.29, 0.717) is 6.61 Å². The highest BCUT2D eigenvalue weighted by Crippen LogP contribution is 2.22. The Kier molecular flexibility index (Phi) is 8.36. The molecule has 1 fully saturated rings. The largest absolute Gasteiger partial charge is 0.390 e. The number of halogens is 2. The van der Waals surface area contributed by atoms with Crippen LogP contribution >= 0.6 is 0 Å². The summed E-state index contributed by atoms with van der Waals surface area (Å²) in [5.74, 6) is -0.556. The number of ether oxygens (including phenoxy) is 1. The van der Waals surface area contributed by atoms with Gasteiger partial charge >= 0.3 is 0 Å². The van der Waals surface area contributed by atoms with Gasteiger partial charge in [-0.15, -0.1) is 0 Å². The third-order valence-corrected chi connectivity index (χ3v) is 4.95. The molecule has 158 valence electrons. The number of benzene rings is 3. The lowest BCUT2D eigenvalue weighted by molar-refractivity contribution is -0.0661. The van der Waals surface area contributed by atoms with Crippen molar-refractivity contribution in [3.63, 3.8) is 0 Å². The number of hydrogen-bond acceptors (Lipinski definition) is 3. The Hall–Kier alpha value is -2.76. The third-order valence-electron chi connectivity index (χ3n) is 4.95. The predicted octanol–water partition coefficient (Wildman–Crippen LogP) is 6.22. The molecule has 5 heteroatoms. The van der Waals surface area contributed by atoms with Crippen LogP contribution in [0.25, 0.3) is 0 Å². The molecule has 0 bridgehead atoms. The van der Waals surface area contributed by atoms with Gasteiger partial charge in [-0.3, -0.25) is 0 Å². The summed E-state index contributed by atoms with van der Waals surface area (Å²) >= 11 is 0. The average Bonchev–Trinajstić information content (AvgIpc) is 2.78. The molecule has 3 aromatic rings. The fraction of sp³-hybridized carbons (Fsp3) is 0.280. The van der Waals surface area contributed by atoms with Crippen LogP contribution in [0.15, 0.2) is 78.9 Å². The Balaban J connectivity index is 0.000000171.